The van der Waals surface area contributed by atoms with Gasteiger partial charge in [-0.05, 0) is 37.7 Å². The summed E-state index contributed by atoms with van der Waals surface area (Å²) >= 11 is 0. The Labute approximate surface area is 146 Å². The molecule has 2 aliphatic heterocycles. The lowest BCUT2D eigenvalue weighted by Gasteiger charge is -2.33. The van der Waals surface area contributed by atoms with Gasteiger partial charge in [0.05, 0.1) is 6.54 Å². The molecule has 3 aliphatic rings. The van der Waals surface area contributed by atoms with E-state index in [2.05, 4.69) is 15.2 Å². The second-order valence-electron chi connectivity index (χ2n) is 6.79. The Morgan fingerprint density at radius 2 is 2.16 bits per heavy atom. The zero-order valence-corrected chi connectivity index (χ0v) is 14.5. The van der Waals surface area contributed by atoms with Crippen molar-refractivity contribution < 1.29 is 19.4 Å². The summed E-state index contributed by atoms with van der Waals surface area (Å²) < 4.78 is 5.79. The zero-order valence-electron chi connectivity index (χ0n) is 14.5. The Bertz CT molecular complexity index is 650. The summed E-state index contributed by atoms with van der Waals surface area (Å²) in [6.45, 7) is 3.48. The maximum absolute atomic E-state index is 11.2. The number of aromatic nitrogens is 2. The molecule has 25 heavy (non-hydrogen) atoms. The first-order valence-electron chi connectivity index (χ1n) is 8.67. The molecule has 4 rings (SSSR count). The van der Waals surface area contributed by atoms with Gasteiger partial charge >= 0.3 is 0 Å². The maximum atomic E-state index is 11.2. The molecule has 1 spiro atoms. The standard InChI is InChI=1S/C15H20N4O2.C2H4O2/c20-13-8-21-15(9-17-13)5-6-19(10-15)14-16-7-11-3-1-2-4-12(11)18-14;1-2(3)4/h7H,1-6,8-10H2,(H,17,20);1H3,(H,3,4). The highest BCUT2D eigenvalue weighted by Crippen LogP contribution is 2.30. The summed E-state index contributed by atoms with van der Waals surface area (Å²) in [5.41, 5.74) is 2.26. The molecule has 0 saturated carbocycles. The van der Waals surface area contributed by atoms with E-state index in [1.807, 2.05) is 6.20 Å². The molecule has 3 heterocycles. The summed E-state index contributed by atoms with van der Waals surface area (Å²) in [5.74, 6) is -0.0443. The van der Waals surface area contributed by atoms with Gasteiger partial charge < -0.3 is 20.1 Å². The molecule has 1 unspecified atom stereocenters. The molecular formula is C17H24N4O4. The van der Waals surface area contributed by atoms with E-state index >= 15 is 0 Å². The Balaban J connectivity index is 0.000000415. The van der Waals surface area contributed by atoms with Crippen LogP contribution in [-0.4, -0.2) is 58.8 Å². The molecule has 1 amide bonds. The maximum Gasteiger partial charge on any atom is 0.300 e. The minimum absolute atomic E-state index is 0.0240. The molecule has 1 aromatic rings. The van der Waals surface area contributed by atoms with Crippen LogP contribution in [0.15, 0.2) is 6.20 Å². The van der Waals surface area contributed by atoms with E-state index in [1.54, 1.807) is 0 Å². The number of fused-ring (bicyclic) bond motifs is 1. The molecule has 1 atom stereocenters. The van der Waals surface area contributed by atoms with Gasteiger partial charge in [-0.25, -0.2) is 9.97 Å². The van der Waals surface area contributed by atoms with E-state index in [-0.39, 0.29) is 18.1 Å². The molecule has 0 bridgehead atoms. The van der Waals surface area contributed by atoms with E-state index in [0.29, 0.717) is 6.54 Å². The van der Waals surface area contributed by atoms with Gasteiger partial charge in [0, 0.05) is 31.9 Å². The predicted octanol–water partition coefficient (Wildman–Crippen LogP) is 0.542. The third-order valence-electron chi connectivity index (χ3n) is 4.77. The third kappa shape index (κ3) is 4.25. The number of nitrogens with zero attached hydrogens (tertiary/aromatic N) is 3. The first-order valence-corrected chi connectivity index (χ1v) is 8.67. The lowest BCUT2D eigenvalue weighted by molar-refractivity contribution is -0.141. The quantitative estimate of drug-likeness (QED) is 0.763. The fourth-order valence-corrected chi connectivity index (χ4v) is 3.47. The highest BCUT2D eigenvalue weighted by molar-refractivity contribution is 5.78. The van der Waals surface area contributed by atoms with Crippen LogP contribution in [0.1, 0.15) is 37.4 Å². The number of nitrogens with one attached hydrogen (secondary N) is 1. The second kappa shape index (κ2) is 7.35. The van der Waals surface area contributed by atoms with Crippen molar-refractivity contribution in [2.45, 2.75) is 44.6 Å². The van der Waals surface area contributed by atoms with Crippen molar-refractivity contribution in [1.82, 2.24) is 15.3 Å². The van der Waals surface area contributed by atoms with Gasteiger partial charge in [0.15, 0.2) is 0 Å². The molecule has 0 aromatic carbocycles. The van der Waals surface area contributed by atoms with Crippen LogP contribution in [0.3, 0.4) is 0 Å². The van der Waals surface area contributed by atoms with Crippen LogP contribution < -0.4 is 10.2 Å². The minimum Gasteiger partial charge on any atom is -0.481 e. The van der Waals surface area contributed by atoms with Crippen molar-refractivity contribution in [1.29, 1.82) is 0 Å². The fraction of sp³-hybridized carbons (Fsp3) is 0.647. The van der Waals surface area contributed by atoms with Crippen molar-refractivity contribution in [3.63, 3.8) is 0 Å². The minimum atomic E-state index is -0.833. The Morgan fingerprint density at radius 1 is 1.40 bits per heavy atom. The first-order chi connectivity index (χ1) is 12.0. The van der Waals surface area contributed by atoms with Gasteiger partial charge in [0.25, 0.3) is 5.97 Å². The molecule has 0 radical (unpaired) electrons. The van der Waals surface area contributed by atoms with E-state index in [9.17, 15) is 4.79 Å². The first kappa shape index (κ1) is 17.6. The Morgan fingerprint density at radius 3 is 2.88 bits per heavy atom. The van der Waals surface area contributed by atoms with Crippen LogP contribution >= 0.6 is 0 Å². The molecule has 2 saturated heterocycles. The normalized spacial score (nSPS) is 25.0. The number of carboxylic acids is 1. The second-order valence-corrected chi connectivity index (χ2v) is 6.79. The number of hydrogen-bond acceptors (Lipinski definition) is 6. The smallest absolute Gasteiger partial charge is 0.300 e. The Kier molecular flexibility index (Phi) is 5.17. The zero-order chi connectivity index (χ0) is 17.9. The van der Waals surface area contributed by atoms with Crippen LogP contribution in [0.25, 0.3) is 0 Å². The number of carboxylic acid groups (broad SMARTS) is 1. The number of morpholine rings is 1. The van der Waals surface area contributed by atoms with Crippen LogP contribution in [-0.2, 0) is 27.2 Å². The van der Waals surface area contributed by atoms with E-state index in [1.165, 1.54) is 24.1 Å². The molecule has 2 N–H and O–H groups in total. The van der Waals surface area contributed by atoms with Crippen molar-refractivity contribution in [2.75, 3.05) is 31.1 Å². The van der Waals surface area contributed by atoms with Crippen molar-refractivity contribution in [2.24, 2.45) is 0 Å². The number of rotatable bonds is 1. The van der Waals surface area contributed by atoms with Crippen LogP contribution in [0, 0.1) is 0 Å². The fourth-order valence-electron chi connectivity index (χ4n) is 3.47. The van der Waals surface area contributed by atoms with E-state index in [0.717, 1.165) is 45.2 Å². The van der Waals surface area contributed by atoms with Crippen LogP contribution in [0.4, 0.5) is 5.95 Å². The van der Waals surface area contributed by atoms with Crippen LogP contribution in [0.5, 0.6) is 0 Å². The van der Waals surface area contributed by atoms with Gasteiger partial charge in [0.2, 0.25) is 11.9 Å². The summed E-state index contributed by atoms with van der Waals surface area (Å²) in [4.78, 5) is 31.7. The van der Waals surface area contributed by atoms with Crippen LogP contribution in [0.2, 0.25) is 0 Å². The molecule has 1 aromatic heterocycles. The lowest BCUT2D eigenvalue weighted by atomic mass is 9.98. The van der Waals surface area contributed by atoms with Gasteiger partial charge in [0.1, 0.15) is 12.2 Å². The number of carbonyl (C=O) groups excluding carboxylic acids is 1. The average molecular weight is 348 g/mol. The number of anilines is 1. The van der Waals surface area contributed by atoms with Crippen molar-refractivity contribution in [3.8, 4) is 0 Å². The molecular weight excluding hydrogens is 324 g/mol. The van der Waals surface area contributed by atoms with Gasteiger partial charge in [-0.15, -0.1) is 0 Å². The van der Waals surface area contributed by atoms with E-state index < -0.39 is 5.97 Å². The average Bonchev–Trinajstić information content (AvgIpc) is 3.01. The van der Waals surface area contributed by atoms with E-state index in [4.69, 9.17) is 19.6 Å². The Hall–Kier alpha value is -2.22. The molecule has 136 valence electrons. The number of amides is 1. The summed E-state index contributed by atoms with van der Waals surface area (Å²) in [6.07, 6.45) is 7.54. The summed E-state index contributed by atoms with van der Waals surface area (Å²) in [5, 5.41) is 10.3. The molecule has 8 nitrogen and oxygen atoms in total. The number of hydrogen-bond donors (Lipinski definition) is 2. The number of ether oxygens (including phenoxy) is 1. The molecule has 1 aliphatic carbocycles. The monoisotopic (exact) mass is 348 g/mol. The largest absolute Gasteiger partial charge is 0.481 e. The van der Waals surface area contributed by atoms with Gasteiger partial charge in [-0.2, -0.15) is 0 Å². The van der Waals surface area contributed by atoms with Gasteiger partial charge in [-0.3, -0.25) is 9.59 Å². The number of carbonyl (C=O) groups is 2. The SMILES string of the molecule is CC(=O)O.O=C1COC2(CCN(c3ncc4c(n3)CCCC4)C2)CN1. The highest BCUT2D eigenvalue weighted by Gasteiger charge is 2.43. The summed E-state index contributed by atoms with van der Waals surface area (Å²) in [7, 11) is 0. The number of aliphatic carboxylic acids is 1. The summed E-state index contributed by atoms with van der Waals surface area (Å²) in [6, 6.07) is 0. The third-order valence-corrected chi connectivity index (χ3v) is 4.77. The topological polar surface area (TPSA) is 105 Å². The highest BCUT2D eigenvalue weighted by atomic mass is 16.5. The van der Waals surface area contributed by atoms with Crippen molar-refractivity contribution in [3.05, 3.63) is 17.5 Å². The lowest BCUT2D eigenvalue weighted by Crippen LogP contribution is -2.53. The van der Waals surface area contributed by atoms with Gasteiger partial charge in [-0.1, -0.05) is 0 Å². The predicted molar refractivity (Wildman–Crippen MR) is 90.5 cm³/mol. The molecule has 8 heteroatoms. The van der Waals surface area contributed by atoms with Crippen molar-refractivity contribution >= 4 is 17.8 Å². The number of aryl methyl sites for hydroxylation is 2. The molecule has 2 fully saturated rings.